The molecule has 1 aliphatic rings. The van der Waals surface area contributed by atoms with E-state index in [2.05, 4.69) is 0 Å². The highest BCUT2D eigenvalue weighted by Crippen LogP contribution is 2.45. The van der Waals surface area contributed by atoms with Gasteiger partial charge < -0.3 is 4.42 Å². The van der Waals surface area contributed by atoms with Crippen molar-refractivity contribution in [1.82, 2.24) is 0 Å². The summed E-state index contributed by atoms with van der Waals surface area (Å²) in [6, 6.07) is 5.15. The van der Waals surface area contributed by atoms with Crippen molar-refractivity contribution in [2.75, 3.05) is 0 Å². The Morgan fingerprint density at radius 1 is 1.37 bits per heavy atom. The molecule has 0 radical (unpaired) electrons. The van der Waals surface area contributed by atoms with Crippen LogP contribution >= 0.6 is 11.8 Å². The molecule has 0 fully saturated rings. The second kappa shape index (κ2) is 4.03. The largest absolute Gasteiger partial charge is 0.422 e. The summed E-state index contributed by atoms with van der Waals surface area (Å²) in [5, 5.41) is -0.953. The molecule has 6 heteroatoms. The third kappa shape index (κ3) is 2.04. The summed E-state index contributed by atoms with van der Waals surface area (Å²) >= 11 is 0.559. The van der Waals surface area contributed by atoms with E-state index < -0.39 is 17.1 Å². The van der Waals surface area contributed by atoms with Crippen LogP contribution in [0.4, 0.5) is 13.2 Å². The van der Waals surface area contributed by atoms with Gasteiger partial charge in [0.15, 0.2) is 0 Å². The molecule has 2 aromatic rings. The molecule has 1 atom stereocenters. The van der Waals surface area contributed by atoms with E-state index >= 15 is 0 Å². The molecule has 1 aromatic heterocycles. The first kappa shape index (κ1) is 12.6. The van der Waals surface area contributed by atoms with Gasteiger partial charge in [-0.15, -0.1) is 11.8 Å². The predicted octanol–water partition coefficient (Wildman–Crippen LogP) is 3.68. The van der Waals surface area contributed by atoms with Gasteiger partial charge in [0, 0.05) is 5.39 Å². The second-order valence-corrected chi connectivity index (χ2v) is 5.76. The lowest BCUT2D eigenvalue weighted by molar-refractivity contribution is -0.127. The highest BCUT2D eigenvalue weighted by atomic mass is 32.2. The summed E-state index contributed by atoms with van der Waals surface area (Å²) < 4.78 is 43.4. The van der Waals surface area contributed by atoms with E-state index in [0.29, 0.717) is 28.3 Å². The minimum Gasteiger partial charge on any atom is -0.422 e. The lowest BCUT2D eigenvalue weighted by Crippen LogP contribution is -2.24. The van der Waals surface area contributed by atoms with Gasteiger partial charge in [0.2, 0.25) is 0 Å². The molecular formula is C13H9F3O2S. The van der Waals surface area contributed by atoms with Gasteiger partial charge in [-0.05, 0) is 31.0 Å². The van der Waals surface area contributed by atoms with Crippen LogP contribution in [0.2, 0.25) is 0 Å². The summed E-state index contributed by atoms with van der Waals surface area (Å²) in [7, 11) is 0. The normalized spacial score (nSPS) is 18.8. The summed E-state index contributed by atoms with van der Waals surface area (Å²) in [6.07, 6.45) is -4.48. The van der Waals surface area contributed by atoms with Crippen LogP contribution in [-0.2, 0) is 6.42 Å². The highest BCUT2D eigenvalue weighted by Gasteiger charge is 2.45. The summed E-state index contributed by atoms with van der Waals surface area (Å²) in [6.45, 7) is 1.85. The van der Waals surface area contributed by atoms with Crippen molar-refractivity contribution in [2.24, 2.45) is 0 Å². The number of thioether (sulfide) groups is 1. The number of fused-ring (bicyclic) bond motifs is 3. The van der Waals surface area contributed by atoms with Crippen LogP contribution < -0.4 is 5.63 Å². The number of hydrogen-bond acceptors (Lipinski definition) is 3. The van der Waals surface area contributed by atoms with Crippen molar-refractivity contribution in [3.63, 3.8) is 0 Å². The average molecular weight is 286 g/mol. The summed E-state index contributed by atoms with van der Waals surface area (Å²) in [5.74, 6) is 0. The molecule has 0 bridgehead atoms. The van der Waals surface area contributed by atoms with Gasteiger partial charge in [0.05, 0.1) is 4.90 Å². The fraction of sp³-hybridized carbons (Fsp3) is 0.308. The number of halogens is 3. The van der Waals surface area contributed by atoms with E-state index in [1.54, 1.807) is 18.2 Å². The molecule has 0 N–H and O–H groups in total. The van der Waals surface area contributed by atoms with E-state index in [-0.39, 0.29) is 11.3 Å². The van der Waals surface area contributed by atoms with E-state index in [4.69, 9.17) is 4.42 Å². The van der Waals surface area contributed by atoms with Crippen LogP contribution in [0.3, 0.4) is 0 Å². The quantitative estimate of drug-likeness (QED) is 0.692. The van der Waals surface area contributed by atoms with Crippen LogP contribution in [0.5, 0.6) is 0 Å². The zero-order valence-corrected chi connectivity index (χ0v) is 10.7. The average Bonchev–Trinajstić information content (AvgIpc) is 2.76. The van der Waals surface area contributed by atoms with E-state index in [9.17, 15) is 18.0 Å². The third-order valence-electron chi connectivity index (χ3n) is 3.14. The zero-order valence-electron chi connectivity index (χ0n) is 9.88. The topological polar surface area (TPSA) is 30.2 Å². The highest BCUT2D eigenvalue weighted by molar-refractivity contribution is 8.00. The molecule has 100 valence electrons. The molecular weight excluding hydrogens is 277 g/mol. The van der Waals surface area contributed by atoms with Crippen molar-refractivity contribution in [3.8, 4) is 0 Å². The zero-order chi connectivity index (χ0) is 13.8. The van der Waals surface area contributed by atoms with Crippen LogP contribution in [0.1, 0.15) is 11.1 Å². The van der Waals surface area contributed by atoms with Crippen molar-refractivity contribution < 1.29 is 17.6 Å². The molecule has 0 spiro atoms. The molecule has 19 heavy (non-hydrogen) atoms. The van der Waals surface area contributed by atoms with E-state index in [0.717, 1.165) is 5.56 Å². The van der Waals surface area contributed by atoms with Gasteiger partial charge in [-0.3, -0.25) is 0 Å². The minimum absolute atomic E-state index is 0.0976. The Morgan fingerprint density at radius 2 is 2.11 bits per heavy atom. The monoisotopic (exact) mass is 286 g/mol. The summed E-state index contributed by atoms with van der Waals surface area (Å²) in [4.78, 5) is 11.8. The minimum atomic E-state index is -4.31. The first-order chi connectivity index (χ1) is 8.86. The number of aryl methyl sites for hydroxylation is 1. The maximum absolute atomic E-state index is 12.8. The Hall–Kier alpha value is -1.43. The SMILES string of the molecule is Cc1ccc2oc(=O)c3c(c2c1)C[C@@H](C(F)(F)F)S3. The number of alkyl halides is 3. The van der Waals surface area contributed by atoms with Gasteiger partial charge in [0.1, 0.15) is 10.8 Å². The molecule has 3 rings (SSSR count). The molecule has 1 aromatic carbocycles. The maximum atomic E-state index is 12.8. The lowest BCUT2D eigenvalue weighted by atomic mass is 10.0. The molecule has 1 aliphatic heterocycles. The first-order valence-electron chi connectivity index (χ1n) is 5.66. The first-order valence-corrected chi connectivity index (χ1v) is 6.54. The molecule has 0 saturated carbocycles. The Kier molecular flexibility index (Phi) is 2.67. The second-order valence-electron chi connectivity index (χ2n) is 4.55. The van der Waals surface area contributed by atoms with Gasteiger partial charge >= 0.3 is 11.8 Å². The van der Waals surface area contributed by atoms with Gasteiger partial charge in [0.25, 0.3) is 0 Å². The maximum Gasteiger partial charge on any atom is 0.401 e. The molecule has 0 aliphatic carbocycles. The van der Waals surface area contributed by atoms with Gasteiger partial charge in [-0.25, -0.2) is 4.79 Å². The smallest absolute Gasteiger partial charge is 0.401 e. The van der Waals surface area contributed by atoms with Crippen molar-refractivity contribution in [3.05, 3.63) is 39.7 Å². The Labute approximate surface area is 110 Å². The van der Waals surface area contributed by atoms with Crippen molar-refractivity contribution >= 4 is 22.7 Å². The standard InChI is InChI=1S/C13H9F3O2S/c1-6-2-3-9-7(4-6)8-5-10(13(14,15)16)19-11(8)12(17)18-9/h2-4,10H,5H2,1H3/t10-/m0/s1. The number of hydrogen-bond donors (Lipinski definition) is 0. The van der Waals surface area contributed by atoms with Gasteiger partial charge in [-0.2, -0.15) is 13.2 Å². The Balaban J connectivity index is 2.23. The predicted molar refractivity (Wildman–Crippen MR) is 66.6 cm³/mol. The summed E-state index contributed by atoms with van der Waals surface area (Å²) in [5.41, 5.74) is 1.05. The van der Waals surface area contributed by atoms with Crippen LogP contribution in [0.15, 0.2) is 32.3 Å². The molecule has 0 unspecified atom stereocenters. The lowest BCUT2D eigenvalue weighted by Gasteiger charge is -2.11. The Morgan fingerprint density at radius 3 is 2.79 bits per heavy atom. The fourth-order valence-electron chi connectivity index (χ4n) is 2.23. The molecule has 0 amide bonds. The van der Waals surface area contributed by atoms with Crippen LogP contribution in [-0.4, -0.2) is 11.4 Å². The molecule has 2 nitrogen and oxygen atoms in total. The fourth-order valence-corrected chi connectivity index (χ4v) is 3.38. The third-order valence-corrected chi connectivity index (χ3v) is 4.50. The molecule has 0 saturated heterocycles. The Bertz CT molecular complexity index is 718. The van der Waals surface area contributed by atoms with E-state index in [1.807, 2.05) is 6.92 Å². The number of benzene rings is 1. The van der Waals surface area contributed by atoms with Crippen LogP contribution in [0.25, 0.3) is 11.0 Å². The van der Waals surface area contributed by atoms with Crippen molar-refractivity contribution in [1.29, 1.82) is 0 Å². The van der Waals surface area contributed by atoms with Gasteiger partial charge in [-0.1, -0.05) is 11.6 Å². The number of rotatable bonds is 0. The van der Waals surface area contributed by atoms with Crippen LogP contribution in [0, 0.1) is 6.92 Å². The molecule has 2 heterocycles. The van der Waals surface area contributed by atoms with Crippen molar-refractivity contribution in [2.45, 2.75) is 29.7 Å². The van der Waals surface area contributed by atoms with E-state index in [1.165, 1.54) is 0 Å².